The number of carbonyl (C=O) groups excluding carboxylic acids is 2. The number of allylic oxidation sites excluding steroid dienone is 2. The fourth-order valence-corrected chi connectivity index (χ4v) is 4.43. The maximum Gasteiger partial charge on any atom is 0.315 e. The summed E-state index contributed by atoms with van der Waals surface area (Å²) in [4.78, 5) is 26.0. The van der Waals surface area contributed by atoms with Gasteiger partial charge >= 0.3 is 5.97 Å². The lowest BCUT2D eigenvalue weighted by Crippen LogP contribution is -2.41. The molecule has 2 aromatic carbocycles. The van der Waals surface area contributed by atoms with Crippen LogP contribution >= 0.6 is 11.6 Å². The predicted octanol–water partition coefficient (Wildman–Crippen LogP) is 4.95. The van der Waals surface area contributed by atoms with Crippen molar-refractivity contribution < 1.29 is 14.3 Å². The molecule has 2 atom stereocenters. The molecule has 0 saturated heterocycles. The smallest absolute Gasteiger partial charge is 0.315 e. The molecule has 1 heterocycles. The molecule has 154 valence electrons. The number of Topliss-reactive ketones (excluding diaryl/α,β-unsaturated/α-hetero) is 1. The number of ether oxygens (including phenoxy) is 1. The van der Waals surface area contributed by atoms with Crippen LogP contribution in [0.1, 0.15) is 36.3 Å². The molecule has 0 fully saturated rings. The Bertz CT molecular complexity index is 995. The molecule has 0 saturated carbocycles. The average molecular weight is 422 g/mol. The Morgan fingerprint density at radius 1 is 1.10 bits per heavy atom. The number of hydrogen-bond acceptors (Lipinski definition) is 4. The number of hydrogen-bond donors (Lipinski definition) is 1. The van der Waals surface area contributed by atoms with E-state index in [1.54, 1.807) is 12.1 Å². The zero-order valence-corrected chi connectivity index (χ0v) is 17.5. The fourth-order valence-electron chi connectivity index (χ4n) is 4.31. The maximum atomic E-state index is 13.1. The highest BCUT2D eigenvalue weighted by Crippen LogP contribution is 2.44. The molecule has 1 aliphatic heterocycles. The van der Waals surface area contributed by atoms with Crippen molar-refractivity contribution in [2.24, 2.45) is 5.92 Å². The number of rotatable bonds is 5. The highest BCUT2D eigenvalue weighted by Gasteiger charge is 2.43. The van der Waals surface area contributed by atoms with Crippen molar-refractivity contribution >= 4 is 23.4 Å². The molecule has 4 nitrogen and oxygen atoms in total. The van der Waals surface area contributed by atoms with Gasteiger partial charge in [0.25, 0.3) is 0 Å². The van der Waals surface area contributed by atoms with Gasteiger partial charge in [-0.15, -0.1) is 0 Å². The summed E-state index contributed by atoms with van der Waals surface area (Å²) in [6, 6.07) is 17.2. The molecule has 0 amide bonds. The SMILES string of the molecule is C=C1NC2=C(C(=O)CCC2)C(c2ccc(Cl)cc2)C1C(=O)OCCc1ccccc1. The highest BCUT2D eigenvalue weighted by molar-refractivity contribution is 6.30. The van der Waals surface area contributed by atoms with E-state index in [4.69, 9.17) is 16.3 Å². The van der Waals surface area contributed by atoms with Crippen LogP contribution in [0, 0.1) is 5.92 Å². The molecule has 4 rings (SSSR count). The first kappa shape index (κ1) is 20.4. The van der Waals surface area contributed by atoms with E-state index < -0.39 is 11.8 Å². The van der Waals surface area contributed by atoms with Gasteiger partial charge in [-0.2, -0.15) is 0 Å². The second-order valence-corrected chi connectivity index (χ2v) is 8.17. The minimum absolute atomic E-state index is 0.0817. The van der Waals surface area contributed by atoms with Crippen LogP contribution in [0.2, 0.25) is 5.02 Å². The monoisotopic (exact) mass is 421 g/mol. The molecule has 0 spiro atoms. The van der Waals surface area contributed by atoms with Crippen LogP contribution in [0.3, 0.4) is 0 Å². The first-order valence-electron chi connectivity index (χ1n) is 10.2. The van der Waals surface area contributed by atoms with Crippen molar-refractivity contribution in [3.63, 3.8) is 0 Å². The maximum absolute atomic E-state index is 13.1. The standard InChI is InChI=1S/C25H24ClNO3/c1-16-22(25(29)30-15-14-17-6-3-2-4-7-17)23(18-10-12-19(26)13-11-18)24-20(27-16)8-5-9-21(24)28/h2-4,6-7,10-13,22-23,27H,1,5,8-9,14-15H2. The zero-order chi connectivity index (χ0) is 21.1. The van der Waals surface area contributed by atoms with Gasteiger partial charge < -0.3 is 10.1 Å². The summed E-state index contributed by atoms with van der Waals surface area (Å²) in [6.45, 7) is 4.39. The summed E-state index contributed by atoms with van der Waals surface area (Å²) < 4.78 is 5.65. The summed E-state index contributed by atoms with van der Waals surface area (Å²) in [7, 11) is 0. The molecule has 2 unspecified atom stereocenters. The Morgan fingerprint density at radius 3 is 2.57 bits per heavy atom. The predicted molar refractivity (Wildman–Crippen MR) is 117 cm³/mol. The number of halogens is 1. The van der Waals surface area contributed by atoms with Crippen molar-refractivity contribution in [2.45, 2.75) is 31.6 Å². The Labute approximate surface area is 181 Å². The van der Waals surface area contributed by atoms with Crippen molar-refractivity contribution in [1.82, 2.24) is 5.32 Å². The number of nitrogens with one attached hydrogen (secondary N) is 1. The van der Waals surface area contributed by atoms with Gasteiger partial charge in [0, 0.05) is 40.7 Å². The van der Waals surface area contributed by atoms with E-state index in [2.05, 4.69) is 11.9 Å². The third kappa shape index (κ3) is 4.19. The van der Waals surface area contributed by atoms with Gasteiger partial charge in [-0.3, -0.25) is 9.59 Å². The lowest BCUT2D eigenvalue weighted by molar-refractivity contribution is -0.147. The summed E-state index contributed by atoms with van der Waals surface area (Å²) in [5.74, 6) is -1.36. The molecule has 5 heteroatoms. The Balaban J connectivity index is 1.61. The highest BCUT2D eigenvalue weighted by atomic mass is 35.5. The van der Waals surface area contributed by atoms with Crippen LogP contribution in [-0.4, -0.2) is 18.4 Å². The lowest BCUT2D eigenvalue weighted by atomic mass is 9.71. The third-order valence-corrected chi connectivity index (χ3v) is 6.00. The number of benzene rings is 2. The van der Waals surface area contributed by atoms with Gasteiger partial charge in [-0.05, 0) is 36.1 Å². The molecule has 0 radical (unpaired) electrons. The second-order valence-electron chi connectivity index (χ2n) is 7.73. The minimum atomic E-state index is -0.664. The van der Waals surface area contributed by atoms with Crippen LogP contribution < -0.4 is 5.32 Å². The van der Waals surface area contributed by atoms with E-state index in [9.17, 15) is 9.59 Å². The van der Waals surface area contributed by atoms with Crippen LogP contribution in [0.15, 0.2) is 78.1 Å². The Hall–Kier alpha value is -2.85. The van der Waals surface area contributed by atoms with E-state index in [1.807, 2.05) is 42.5 Å². The van der Waals surface area contributed by atoms with Gasteiger partial charge in [-0.25, -0.2) is 0 Å². The molecule has 2 aliphatic rings. The van der Waals surface area contributed by atoms with E-state index >= 15 is 0 Å². The molecule has 0 bridgehead atoms. The van der Waals surface area contributed by atoms with Crippen LogP contribution in [0.4, 0.5) is 0 Å². The van der Waals surface area contributed by atoms with Crippen LogP contribution in [0.5, 0.6) is 0 Å². The normalized spacial score (nSPS) is 21.1. The molecule has 0 aromatic heterocycles. The summed E-state index contributed by atoms with van der Waals surface area (Å²) in [5.41, 5.74) is 4.11. The van der Waals surface area contributed by atoms with Gasteiger partial charge in [0.05, 0.1) is 6.61 Å². The Kier molecular flexibility index (Phi) is 6.05. The van der Waals surface area contributed by atoms with Crippen molar-refractivity contribution in [3.8, 4) is 0 Å². The first-order chi connectivity index (χ1) is 14.5. The van der Waals surface area contributed by atoms with Crippen LogP contribution in [0.25, 0.3) is 0 Å². The van der Waals surface area contributed by atoms with Gasteiger partial charge in [-0.1, -0.05) is 60.6 Å². The molecule has 30 heavy (non-hydrogen) atoms. The number of esters is 1. The molecular formula is C25H24ClNO3. The second kappa shape index (κ2) is 8.88. The molecule has 1 aliphatic carbocycles. The largest absolute Gasteiger partial charge is 0.465 e. The minimum Gasteiger partial charge on any atom is -0.465 e. The Morgan fingerprint density at radius 2 is 1.83 bits per heavy atom. The third-order valence-electron chi connectivity index (χ3n) is 5.75. The number of ketones is 1. The van der Waals surface area contributed by atoms with Crippen molar-refractivity contribution in [1.29, 1.82) is 0 Å². The van der Waals surface area contributed by atoms with E-state index in [0.29, 0.717) is 29.1 Å². The summed E-state index contributed by atoms with van der Waals surface area (Å²) in [6.07, 6.45) is 2.71. The summed E-state index contributed by atoms with van der Waals surface area (Å²) >= 11 is 6.07. The average Bonchev–Trinajstić information content (AvgIpc) is 2.74. The van der Waals surface area contributed by atoms with Gasteiger partial charge in [0.15, 0.2) is 5.78 Å². The number of carbonyl (C=O) groups is 2. The summed E-state index contributed by atoms with van der Waals surface area (Å²) in [5, 5.41) is 3.85. The molecular weight excluding hydrogens is 398 g/mol. The lowest BCUT2D eigenvalue weighted by Gasteiger charge is -2.38. The topological polar surface area (TPSA) is 55.4 Å². The van der Waals surface area contributed by atoms with Crippen molar-refractivity contribution in [3.05, 3.63) is 94.3 Å². The van der Waals surface area contributed by atoms with Crippen LogP contribution in [-0.2, 0) is 20.7 Å². The van der Waals surface area contributed by atoms with E-state index in [0.717, 1.165) is 29.7 Å². The zero-order valence-electron chi connectivity index (χ0n) is 16.7. The quantitative estimate of drug-likeness (QED) is 0.694. The molecule has 2 aromatic rings. The van der Waals surface area contributed by atoms with E-state index in [-0.39, 0.29) is 18.4 Å². The van der Waals surface area contributed by atoms with Gasteiger partial charge in [0.1, 0.15) is 5.92 Å². The van der Waals surface area contributed by atoms with Gasteiger partial charge in [0.2, 0.25) is 0 Å². The van der Waals surface area contributed by atoms with Crippen molar-refractivity contribution in [2.75, 3.05) is 6.61 Å². The fraction of sp³-hybridized carbons (Fsp3) is 0.280. The van der Waals surface area contributed by atoms with E-state index in [1.165, 1.54) is 0 Å². The molecule has 1 N–H and O–H groups in total. The first-order valence-corrected chi connectivity index (χ1v) is 10.6.